The van der Waals surface area contributed by atoms with E-state index < -0.39 is 0 Å². The minimum absolute atomic E-state index is 0.260. The number of methoxy groups -OCH3 is 1. The molecule has 0 bridgehead atoms. The lowest BCUT2D eigenvalue weighted by Crippen LogP contribution is -2.23. The fourth-order valence-electron chi connectivity index (χ4n) is 1.82. The van der Waals surface area contributed by atoms with Crippen LogP contribution in [0.4, 0.5) is 0 Å². The van der Waals surface area contributed by atoms with Crippen LogP contribution < -0.4 is 10.5 Å². The largest absolute Gasteiger partial charge is 0.497 e. The first kappa shape index (κ1) is 16.0. The Bertz CT molecular complexity index is 346. The van der Waals surface area contributed by atoms with Gasteiger partial charge in [0.2, 0.25) is 0 Å². The van der Waals surface area contributed by atoms with Crippen molar-refractivity contribution in [3.05, 3.63) is 29.8 Å². The molecule has 1 rings (SSSR count). The van der Waals surface area contributed by atoms with Gasteiger partial charge >= 0.3 is 0 Å². The molecule has 0 radical (unpaired) electrons. The van der Waals surface area contributed by atoms with Crippen molar-refractivity contribution in [3.63, 3.8) is 0 Å². The Morgan fingerprint density at radius 1 is 1.11 bits per heavy atom. The van der Waals surface area contributed by atoms with Crippen LogP contribution in [0.25, 0.3) is 0 Å². The van der Waals surface area contributed by atoms with E-state index in [2.05, 4.69) is 13.8 Å². The summed E-state index contributed by atoms with van der Waals surface area (Å²) in [5.74, 6) is 0.882. The predicted octanol–water partition coefficient (Wildman–Crippen LogP) is 3.37. The van der Waals surface area contributed by atoms with Crippen LogP contribution in [0.1, 0.15) is 38.7 Å². The third-order valence-electron chi connectivity index (χ3n) is 3.37. The molecule has 0 aliphatic rings. The number of nitrogens with two attached hydrogens (primary N) is 1. The van der Waals surface area contributed by atoms with E-state index in [-0.39, 0.29) is 5.41 Å². The molecule has 3 nitrogen and oxygen atoms in total. The van der Waals surface area contributed by atoms with Crippen LogP contribution in [-0.4, -0.2) is 20.3 Å². The topological polar surface area (TPSA) is 44.5 Å². The average molecular weight is 265 g/mol. The number of unbranched alkanes of at least 4 members (excludes halogenated alkanes) is 1. The van der Waals surface area contributed by atoms with Crippen molar-refractivity contribution >= 4 is 0 Å². The minimum atomic E-state index is 0.260. The molecule has 0 aliphatic heterocycles. The van der Waals surface area contributed by atoms with Gasteiger partial charge in [-0.1, -0.05) is 32.4 Å². The zero-order valence-corrected chi connectivity index (χ0v) is 12.4. The van der Waals surface area contributed by atoms with Crippen LogP contribution in [0.5, 0.6) is 5.75 Å². The summed E-state index contributed by atoms with van der Waals surface area (Å²) in [6.45, 7) is 6.66. The summed E-state index contributed by atoms with van der Waals surface area (Å²) in [6, 6.07) is 8.00. The molecule has 0 fully saturated rings. The molecule has 0 amide bonds. The van der Waals surface area contributed by atoms with Gasteiger partial charge in [0.25, 0.3) is 0 Å². The lowest BCUT2D eigenvalue weighted by Gasteiger charge is -2.21. The summed E-state index contributed by atoms with van der Waals surface area (Å²) in [5, 5.41) is 0. The van der Waals surface area contributed by atoms with Crippen LogP contribution in [0.15, 0.2) is 24.3 Å². The Kier molecular flexibility index (Phi) is 6.89. The van der Waals surface area contributed by atoms with Crippen molar-refractivity contribution in [3.8, 4) is 5.75 Å². The summed E-state index contributed by atoms with van der Waals surface area (Å²) < 4.78 is 10.8. The van der Waals surface area contributed by atoms with Gasteiger partial charge in [-0.25, -0.2) is 0 Å². The quantitative estimate of drug-likeness (QED) is 0.696. The van der Waals surface area contributed by atoms with E-state index in [1.165, 1.54) is 12.0 Å². The van der Waals surface area contributed by atoms with Crippen LogP contribution in [0.2, 0.25) is 0 Å². The molecule has 19 heavy (non-hydrogen) atoms. The van der Waals surface area contributed by atoms with E-state index in [9.17, 15) is 0 Å². The van der Waals surface area contributed by atoms with Gasteiger partial charge in [-0.2, -0.15) is 0 Å². The number of benzene rings is 1. The van der Waals surface area contributed by atoms with E-state index >= 15 is 0 Å². The maximum atomic E-state index is 5.71. The van der Waals surface area contributed by atoms with Crippen molar-refractivity contribution in [2.75, 3.05) is 20.3 Å². The van der Waals surface area contributed by atoms with Gasteiger partial charge in [0.1, 0.15) is 5.75 Å². The first-order valence-corrected chi connectivity index (χ1v) is 6.98. The summed E-state index contributed by atoms with van der Waals surface area (Å²) in [6.07, 6.45) is 3.43. The molecule has 3 heteroatoms. The molecular formula is C16H27NO2. The fourth-order valence-corrected chi connectivity index (χ4v) is 1.82. The van der Waals surface area contributed by atoms with E-state index in [1.54, 1.807) is 7.11 Å². The SMILES string of the molecule is COc1ccc(COCCCCC(C)(C)CN)cc1. The highest BCUT2D eigenvalue weighted by atomic mass is 16.5. The van der Waals surface area contributed by atoms with Gasteiger partial charge in [-0.15, -0.1) is 0 Å². The van der Waals surface area contributed by atoms with Crippen LogP contribution in [-0.2, 0) is 11.3 Å². The van der Waals surface area contributed by atoms with Gasteiger partial charge in [0.05, 0.1) is 13.7 Å². The third kappa shape index (κ3) is 6.60. The van der Waals surface area contributed by atoms with E-state index in [4.69, 9.17) is 15.2 Å². The van der Waals surface area contributed by atoms with E-state index in [0.717, 1.165) is 31.7 Å². The lowest BCUT2D eigenvalue weighted by molar-refractivity contribution is 0.114. The molecule has 0 saturated heterocycles. The van der Waals surface area contributed by atoms with Gasteiger partial charge in [-0.3, -0.25) is 0 Å². The Morgan fingerprint density at radius 2 is 1.79 bits per heavy atom. The highest BCUT2D eigenvalue weighted by molar-refractivity contribution is 5.26. The molecule has 0 aliphatic carbocycles. The fraction of sp³-hybridized carbons (Fsp3) is 0.625. The highest BCUT2D eigenvalue weighted by Gasteiger charge is 2.14. The summed E-state index contributed by atoms with van der Waals surface area (Å²) in [5.41, 5.74) is 7.15. The van der Waals surface area contributed by atoms with Gasteiger partial charge in [0.15, 0.2) is 0 Å². The average Bonchev–Trinajstić information content (AvgIpc) is 2.43. The summed E-state index contributed by atoms with van der Waals surface area (Å²) in [7, 11) is 1.67. The number of hydrogen-bond acceptors (Lipinski definition) is 3. The van der Waals surface area contributed by atoms with E-state index in [0.29, 0.717) is 6.61 Å². The summed E-state index contributed by atoms with van der Waals surface area (Å²) in [4.78, 5) is 0. The molecule has 0 spiro atoms. The minimum Gasteiger partial charge on any atom is -0.497 e. The van der Waals surface area contributed by atoms with Crippen molar-refractivity contribution in [2.24, 2.45) is 11.1 Å². The smallest absolute Gasteiger partial charge is 0.118 e. The first-order chi connectivity index (χ1) is 9.07. The van der Waals surface area contributed by atoms with Gasteiger partial charge in [-0.05, 0) is 42.5 Å². The second kappa shape index (κ2) is 8.18. The van der Waals surface area contributed by atoms with Gasteiger partial charge < -0.3 is 15.2 Å². The Balaban J connectivity index is 2.10. The van der Waals surface area contributed by atoms with Crippen LogP contribution in [0, 0.1) is 5.41 Å². The van der Waals surface area contributed by atoms with E-state index in [1.807, 2.05) is 24.3 Å². The van der Waals surface area contributed by atoms with Crippen molar-refractivity contribution in [1.82, 2.24) is 0 Å². The maximum Gasteiger partial charge on any atom is 0.118 e. The van der Waals surface area contributed by atoms with Crippen molar-refractivity contribution in [2.45, 2.75) is 39.7 Å². The summed E-state index contributed by atoms with van der Waals surface area (Å²) >= 11 is 0. The molecule has 1 aromatic rings. The molecular weight excluding hydrogens is 238 g/mol. The monoisotopic (exact) mass is 265 g/mol. The normalized spacial score (nSPS) is 11.6. The first-order valence-electron chi connectivity index (χ1n) is 6.98. The maximum absolute atomic E-state index is 5.71. The molecule has 0 heterocycles. The van der Waals surface area contributed by atoms with Crippen LogP contribution >= 0.6 is 0 Å². The second-order valence-corrected chi connectivity index (χ2v) is 5.73. The van der Waals surface area contributed by atoms with Crippen molar-refractivity contribution < 1.29 is 9.47 Å². The lowest BCUT2D eigenvalue weighted by atomic mass is 9.87. The number of ether oxygens (including phenoxy) is 2. The number of hydrogen-bond donors (Lipinski definition) is 1. The zero-order chi connectivity index (χ0) is 14.1. The van der Waals surface area contributed by atoms with Crippen LogP contribution in [0.3, 0.4) is 0 Å². The highest BCUT2D eigenvalue weighted by Crippen LogP contribution is 2.21. The molecule has 0 saturated carbocycles. The second-order valence-electron chi connectivity index (χ2n) is 5.73. The Hall–Kier alpha value is -1.06. The Labute approximate surface area is 117 Å². The van der Waals surface area contributed by atoms with Crippen molar-refractivity contribution in [1.29, 1.82) is 0 Å². The van der Waals surface area contributed by atoms with Gasteiger partial charge in [0, 0.05) is 6.61 Å². The Morgan fingerprint density at radius 3 is 2.37 bits per heavy atom. The molecule has 0 aromatic heterocycles. The zero-order valence-electron chi connectivity index (χ0n) is 12.4. The molecule has 0 unspecified atom stereocenters. The third-order valence-corrected chi connectivity index (χ3v) is 3.37. The standard InChI is InChI=1S/C16H27NO2/c1-16(2,13-17)10-4-5-11-19-12-14-6-8-15(18-3)9-7-14/h6-9H,4-5,10-13,17H2,1-3H3. The molecule has 1 aromatic carbocycles. The predicted molar refractivity (Wildman–Crippen MR) is 79.3 cm³/mol. The number of rotatable bonds is 9. The molecule has 108 valence electrons. The molecule has 2 N–H and O–H groups in total. The molecule has 0 atom stereocenters.